The molecule has 0 unspecified atom stereocenters. The van der Waals surface area contributed by atoms with Gasteiger partial charge in [0.1, 0.15) is 5.82 Å². The highest BCUT2D eigenvalue weighted by molar-refractivity contribution is 7.71. The number of hydrogen-bond donors (Lipinski definition) is 0. The minimum atomic E-state index is 0.830. The normalized spacial score (nSPS) is 19.3. The lowest BCUT2D eigenvalue weighted by Gasteiger charge is -2.34. The number of benzene rings is 1. The van der Waals surface area contributed by atoms with Crippen LogP contribution in [0.1, 0.15) is 36.2 Å². The second-order valence-electron chi connectivity index (χ2n) is 7.62. The molecule has 0 radical (unpaired) electrons. The molecule has 140 valence electrons. The van der Waals surface area contributed by atoms with Crippen LogP contribution in [0.2, 0.25) is 0 Å². The molecule has 0 aliphatic carbocycles. The molecule has 1 aromatic carbocycles. The molecular formula is C20H29N5S. The molecular weight excluding hydrogens is 342 g/mol. The summed E-state index contributed by atoms with van der Waals surface area (Å²) in [6.45, 7) is 9.50. The van der Waals surface area contributed by atoms with Gasteiger partial charge in [-0.3, -0.25) is 9.80 Å². The molecule has 1 fully saturated rings. The Morgan fingerprint density at radius 2 is 1.73 bits per heavy atom. The van der Waals surface area contributed by atoms with Crippen LogP contribution in [0.5, 0.6) is 0 Å². The maximum atomic E-state index is 5.69. The second-order valence-corrected chi connectivity index (χ2v) is 7.99. The Kier molecular flexibility index (Phi) is 5.52. The zero-order chi connectivity index (χ0) is 17.9. The van der Waals surface area contributed by atoms with E-state index in [1.165, 1.54) is 36.2 Å². The number of piperazine rings is 1. The van der Waals surface area contributed by atoms with Gasteiger partial charge in [-0.2, -0.15) is 5.10 Å². The van der Waals surface area contributed by atoms with Gasteiger partial charge in [0.2, 0.25) is 0 Å². The average molecular weight is 372 g/mol. The molecule has 3 heterocycles. The van der Waals surface area contributed by atoms with Gasteiger partial charge in [-0.05, 0) is 43.1 Å². The largest absolute Gasteiger partial charge is 0.304 e. The molecule has 1 aromatic heterocycles. The van der Waals surface area contributed by atoms with Gasteiger partial charge in [0.05, 0.1) is 6.67 Å². The van der Waals surface area contributed by atoms with E-state index < -0.39 is 0 Å². The van der Waals surface area contributed by atoms with Crippen molar-refractivity contribution in [3.8, 4) is 0 Å². The molecule has 0 N–H and O–H groups in total. The Morgan fingerprint density at radius 1 is 0.962 bits per heavy atom. The van der Waals surface area contributed by atoms with E-state index in [4.69, 9.17) is 17.3 Å². The third-order valence-corrected chi connectivity index (χ3v) is 6.17. The fourth-order valence-corrected chi connectivity index (χ4v) is 4.32. The SMILES string of the molecule is Cc1ccccc1CN1CCN(Cn2nc3n(c2=S)CCCCC3)CC1. The van der Waals surface area contributed by atoms with Crippen molar-refractivity contribution in [2.75, 3.05) is 26.2 Å². The van der Waals surface area contributed by atoms with Crippen LogP contribution in [-0.4, -0.2) is 50.3 Å². The van der Waals surface area contributed by atoms with E-state index in [0.29, 0.717) is 0 Å². The van der Waals surface area contributed by atoms with Crippen LogP contribution in [0, 0.1) is 11.7 Å². The number of fused-ring (bicyclic) bond motifs is 1. The first kappa shape index (κ1) is 17.9. The van der Waals surface area contributed by atoms with Gasteiger partial charge >= 0.3 is 0 Å². The lowest BCUT2D eigenvalue weighted by atomic mass is 10.1. The number of hydrogen-bond acceptors (Lipinski definition) is 4. The van der Waals surface area contributed by atoms with E-state index >= 15 is 0 Å². The number of rotatable bonds is 4. The van der Waals surface area contributed by atoms with Gasteiger partial charge < -0.3 is 4.57 Å². The van der Waals surface area contributed by atoms with Crippen molar-refractivity contribution in [1.29, 1.82) is 0 Å². The van der Waals surface area contributed by atoms with Gasteiger partial charge in [-0.15, -0.1) is 0 Å². The first-order chi connectivity index (χ1) is 12.7. The Labute approximate surface area is 161 Å². The molecule has 0 amide bonds. The summed E-state index contributed by atoms with van der Waals surface area (Å²) in [6, 6.07) is 8.71. The minimum absolute atomic E-state index is 0.830. The third kappa shape index (κ3) is 3.92. The zero-order valence-corrected chi connectivity index (χ0v) is 16.5. The van der Waals surface area contributed by atoms with Gasteiger partial charge in [-0.25, -0.2) is 4.68 Å². The monoisotopic (exact) mass is 371 g/mol. The van der Waals surface area contributed by atoms with Crippen LogP contribution >= 0.6 is 12.2 Å². The average Bonchev–Trinajstić information content (AvgIpc) is 2.82. The molecule has 2 aliphatic heterocycles. The van der Waals surface area contributed by atoms with E-state index in [2.05, 4.69) is 45.6 Å². The van der Waals surface area contributed by atoms with E-state index in [0.717, 1.165) is 57.1 Å². The Hall–Kier alpha value is -1.50. The standard InChI is InChI=1S/C20H29N5S/c1-17-7-4-5-8-18(17)15-22-11-13-23(14-12-22)16-25-20(26)24-10-6-2-3-9-19(24)21-25/h4-5,7-8H,2-3,6,9-16H2,1H3. The predicted octanol–water partition coefficient (Wildman–Crippen LogP) is 3.22. The topological polar surface area (TPSA) is 29.2 Å². The van der Waals surface area contributed by atoms with Crippen LogP contribution in [0.25, 0.3) is 0 Å². The lowest BCUT2D eigenvalue weighted by Crippen LogP contribution is -2.46. The Morgan fingerprint density at radius 3 is 2.54 bits per heavy atom. The van der Waals surface area contributed by atoms with Gasteiger partial charge in [0, 0.05) is 45.7 Å². The highest BCUT2D eigenvalue weighted by atomic mass is 32.1. The minimum Gasteiger partial charge on any atom is -0.304 e. The van der Waals surface area contributed by atoms with E-state index in [1.54, 1.807) is 0 Å². The summed E-state index contributed by atoms with van der Waals surface area (Å²) < 4.78 is 5.22. The fourth-order valence-electron chi connectivity index (χ4n) is 4.02. The number of aromatic nitrogens is 3. The van der Waals surface area contributed by atoms with Crippen LogP contribution in [0.15, 0.2) is 24.3 Å². The predicted molar refractivity (Wildman–Crippen MR) is 107 cm³/mol. The van der Waals surface area contributed by atoms with Crippen molar-refractivity contribution in [2.24, 2.45) is 0 Å². The van der Waals surface area contributed by atoms with Gasteiger partial charge in [0.25, 0.3) is 0 Å². The van der Waals surface area contributed by atoms with Crippen LogP contribution in [-0.2, 0) is 26.2 Å². The zero-order valence-electron chi connectivity index (χ0n) is 15.7. The van der Waals surface area contributed by atoms with Crippen molar-refractivity contribution >= 4 is 12.2 Å². The van der Waals surface area contributed by atoms with Crippen LogP contribution in [0.4, 0.5) is 0 Å². The summed E-state index contributed by atoms with van der Waals surface area (Å²) in [5.41, 5.74) is 2.83. The summed E-state index contributed by atoms with van der Waals surface area (Å²) in [5, 5.41) is 4.82. The maximum Gasteiger partial charge on any atom is 0.199 e. The van der Waals surface area contributed by atoms with Crippen molar-refractivity contribution in [3.05, 3.63) is 46.0 Å². The Bertz CT molecular complexity index is 801. The smallest absolute Gasteiger partial charge is 0.199 e. The quantitative estimate of drug-likeness (QED) is 0.772. The van der Waals surface area contributed by atoms with Crippen molar-refractivity contribution in [2.45, 2.75) is 52.4 Å². The lowest BCUT2D eigenvalue weighted by molar-refractivity contribution is 0.0977. The number of nitrogens with zero attached hydrogens (tertiary/aromatic N) is 5. The molecule has 5 nitrogen and oxygen atoms in total. The first-order valence-corrected chi connectivity index (χ1v) is 10.3. The third-order valence-electron chi connectivity index (χ3n) is 5.74. The van der Waals surface area contributed by atoms with E-state index in [1.807, 2.05) is 4.68 Å². The second kappa shape index (κ2) is 8.03. The fraction of sp³-hybridized carbons (Fsp3) is 0.600. The summed E-state index contributed by atoms with van der Waals surface area (Å²) in [4.78, 5) is 5.04. The Balaban J connectivity index is 1.34. The van der Waals surface area contributed by atoms with Gasteiger partial charge in [0.15, 0.2) is 4.77 Å². The summed E-state index contributed by atoms with van der Waals surface area (Å²) in [6.07, 6.45) is 4.83. The molecule has 1 saturated heterocycles. The molecule has 0 bridgehead atoms. The van der Waals surface area contributed by atoms with Crippen molar-refractivity contribution in [3.63, 3.8) is 0 Å². The number of aryl methyl sites for hydroxylation is 2. The molecule has 0 atom stereocenters. The molecule has 0 saturated carbocycles. The summed E-state index contributed by atoms with van der Waals surface area (Å²) in [7, 11) is 0. The van der Waals surface area contributed by atoms with E-state index in [9.17, 15) is 0 Å². The molecule has 2 aliphatic rings. The first-order valence-electron chi connectivity index (χ1n) is 9.86. The summed E-state index contributed by atoms with van der Waals surface area (Å²) in [5.74, 6) is 1.19. The maximum absolute atomic E-state index is 5.69. The molecule has 26 heavy (non-hydrogen) atoms. The van der Waals surface area contributed by atoms with Crippen molar-refractivity contribution in [1.82, 2.24) is 24.1 Å². The van der Waals surface area contributed by atoms with Gasteiger partial charge in [-0.1, -0.05) is 30.7 Å². The summed E-state index contributed by atoms with van der Waals surface area (Å²) >= 11 is 5.69. The molecule has 0 spiro atoms. The molecule has 2 aromatic rings. The van der Waals surface area contributed by atoms with Crippen molar-refractivity contribution < 1.29 is 0 Å². The van der Waals surface area contributed by atoms with Crippen LogP contribution < -0.4 is 0 Å². The van der Waals surface area contributed by atoms with Crippen LogP contribution in [0.3, 0.4) is 0 Å². The highest BCUT2D eigenvalue weighted by Gasteiger charge is 2.20. The molecule has 4 rings (SSSR count). The molecule has 6 heteroatoms. The van der Waals surface area contributed by atoms with E-state index in [-0.39, 0.29) is 0 Å². The highest BCUT2D eigenvalue weighted by Crippen LogP contribution is 2.16.